The van der Waals surface area contributed by atoms with Crippen molar-refractivity contribution >= 4 is 0 Å². The molecule has 17 heavy (non-hydrogen) atoms. The molecule has 98 valence electrons. The Hall–Kier alpha value is -0.0800. The van der Waals surface area contributed by atoms with Gasteiger partial charge >= 0.3 is 0 Å². The van der Waals surface area contributed by atoms with Crippen molar-refractivity contribution in [3.63, 3.8) is 0 Å². The van der Waals surface area contributed by atoms with Crippen LogP contribution in [0.1, 0.15) is 51.9 Å². The molecule has 2 N–H and O–H groups in total. The molecule has 2 nitrogen and oxygen atoms in total. The number of nitrogens with two attached hydrogens (primary N) is 1. The molecule has 3 fully saturated rings. The van der Waals surface area contributed by atoms with Crippen LogP contribution in [0.2, 0.25) is 0 Å². The Balaban J connectivity index is 1.62. The largest absolute Gasteiger partial charge is 0.327 e. The summed E-state index contributed by atoms with van der Waals surface area (Å²) in [5.74, 6) is 2.70. The van der Waals surface area contributed by atoms with Crippen molar-refractivity contribution in [1.82, 2.24) is 4.90 Å². The fourth-order valence-corrected chi connectivity index (χ4v) is 4.58. The lowest BCUT2D eigenvalue weighted by atomic mass is 9.78. The fraction of sp³-hybridized carbons (Fsp3) is 1.00. The maximum atomic E-state index is 6.31. The number of nitrogens with zero attached hydrogens (tertiary/aromatic N) is 1. The molecular weight excluding hydrogens is 208 g/mol. The highest BCUT2D eigenvalue weighted by Crippen LogP contribution is 2.39. The zero-order valence-electron chi connectivity index (χ0n) is 11.3. The lowest BCUT2D eigenvalue weighted by Gasteiger charge is -2.34. The van der Waals surface area contributed by atoms with Crippen LogP contribution < -0.4 is 5.73 Å². The Bertz CT molecular complexity index is 266. The Morgan fingerprint density at radius 1 is 1.00 bits per heavy atom. The summed E-state index contributed by atoms with van der Waals surface area (Å²) in [5, 5.41) is 0. The first kappa shape index (κ1) is 12.0. The van der Waals surface area contributed by atoms with E-state index in [-0.39, 0.29) is 0 Å². The molecule has 2 heteroatoms. The van der Waals surface area contributed by atoms with Crippen LogP contribution in [-0.4, -0.2) is 30.1 Å². The van der Waals surface area contributed by atoms with Crippen LogP contribution >= 0.6 is 0 Å². The van der Waals surface area contributed by atoms with Crippen molar-refractivity contribution < 1.29 is 0 Å². The summed E-state index contributed by atoms with van der Waals surface area (Å²) in [6.07, 6.45) is 9.87. The summed E-state index contributed by atoms with van der Waals surface area (Å²) in [6.45, 7) is 5.10. The minimum atomic E-state index is 0.500. The van der Waals surface area contributed by atoms with Crippen LogP contribution in [0.25, 0.3) is 0 Å². The van der Waals surface area contributed by atoms with E-state index in [1.54, 1.807) is 0 Å². The molecule has 1 saturated heterocycles. The average molecular weight is 236 g/mol. The van der Waals surface area contributed by atoms with Gasteiger partial charge in [-0.2, -0.15) is 0 Å². The molecule has 1 aliphatic heterocycles. The predicted octanol–water partition coefficient (Wildman–Crippen LogP) is 2.62. The highest BCUT2D eigenvalue weighted by Gasteiger charge is 2.41. The standard InChI is InChI=1S/C15H28N2/c1-11-4-2-6-13(8-11)17-9-12-5-3-7-15(16)14(12)10-17/h11-15H,2-10,16H2,1H3. The third-order valence-electron chi connectivity index (χ3n) is 5.61. The molecule has 0 amide bonds. The van der Waals surface area contributed by atoms with Crippen LogP contribution in [-0.2, 0) is 0 Å². The molecule has 0 spiro atoms. The maximum Gasteiger partial charge on any atom is 0.00980 e. The molecule has 0 bridgehead atoms. The normalized spacial score (nSPS) is 48.0. The van der Waals surface area contributed by atoms with Crippen LogP contribution in [0, 0.1) is 17.8 Å². The van der Waals surface area contributed by atoms with Gasteiger partial charge in [-0.3, -0.25) is 4.90 Å². The van der Waals surface area contributed by atoms with E-state index in [4.69, 9.17) is 5.73 Å². The molecule has 2 saturated carbocycles. The molecule has 3 aliphatic rings. The quantitative estimate of drug-likeness (QED) is 0.758. The van der Waals surface area contributed by atoms with Crippen molar-refractivity contribution in [2.24, 2.45) is 23.5 Å². The topological polar surface area (TPSA) is 29.3 Å². The summed E-state index contributed by atoms with van der Waals surface area (Å²) in [7, 11) is 0. The molecule has 0 aromatic rings. The molecule has 5 atom stereocenters. The van der Waals surface area contributed by atoms with Gasteiger partial charge in [0.2, 0.25) is 0 Å². The summed E-state index contributed by atoms with van der Waals surface area (Å²) in [5.41, 5.74) is 6.31. The van der Waals surface area contributed by atoms with Gasteiger partial charge in [-0.1, -0.05) is 26.2 Å². The van der Waals surface area contributed by atoms with E-state index in [0.29, 0.717) is 6.04 Å². The van der Waals surface area contributed by atoms with Crippen LogP contribution in [0.5, 0.6) is 0 Å². The van der Waals surface area contributed by atoms with Gasteiger partial charge in [0.1, 0.15) is 0 Å². The first-order valence-electron chi connectivity index (χ1n) is 7.73. The zero-order valence-corrected chi connectivity index (χ0v) is 11.3. The van der Waals surface area contributed by atoms with Gasteiger partial charge in [-0.05, 0) is 43.4 Å². The highest BCUT2D eigenvalue weighted by molar-refractivity contribution is 4.95. The van der Waals surface area contributed by atoms with Crippen LogP contribution in [0.4, 0.5) is 0 Å². The Labute approximate surface area is 106 Å². The summed E-state index contributed by atoms with van der Waals surface area (Å²) < 4.78 is 0. The van der Waals surface area contributed by atoms with Gasteiger partial charge in [0.15, 0.2) is 0 Å². The second-order valence-electron chi connectivity index (χ2n) is 6.90. The van der Waals surface area contributed by atoms with E-state index in [1.807, 2.05) is 0 Å². The molecule has 5 unspecified atom stereocenters. The molecule has 1 heterocycles. The first-order chi connectivity index (χ1) is 8.24. The van der Waals surface area contributed by atoms with Crippen molar-refractivity contribution in [3.05, 3.63) is 0 Å². The maximum absolute atomic E-state index is 6.31. The lowest BCUT2D eigenvalue weighted by Crippen LogP contribution is -2.40. The van der Waals surface area contributed by atoms with Crippen molar-refractivity contribution in [1.29, 1.82) is 0 Å². The summed E-state index contributed by atoms with van der Waals surface area (Å²) in [4.78, 5) is 2.80. The number of hydrogen-bond acceptors (Lipinski definition) is 2. The van der Waals surface area contributed by atoms with Crippen molar-refractivity contribution in [2.75, 3.05) is 13.1 Å². The Morgan fingerprint density at radius 2 is 1.82 bits per heavy atom. The third kappa shape index (κ3) is 2.39. The predicted molar refractivity (Wildman–Crippen MR) is 71.8 cm³/mol. The molecule has 0 radical (unpaired) electrons. The van der Waals surface area contributed by atoms with E-state index in [1.165, 1.54) is 58.0 Å². The first-order valence-corrected chi connectivity index (χ1v) is 7.73. The van der Waals surface area contributed by atoms with E-state index in [2.05, 4.69) is 11.8 Å². The smallest absolute Gasteiger partial charge is 0.00980 e. The average Bonchev–Trinajstić information content (AvgIpc) is 2.74. The molecule has 0 aromatic heterocycles. The zero-order chi connectivity index (χ0) is 11.8. The fourth-order valence-electron chi connectivity index (χ4n) is 4.58. The van der Waals surface area contributed by atoms with E-state index in [0.717, 1.165) is 23.8 Å². The van der Waals surface area contributed by atoms with Gasteiger partial charge in [0, 0.05) is 25.2 Å². The Kier molecular flexibility index (Phi) is 3.45. The molecular formula is C15H28N2. The minimum absolute atomic E-state index is 0.500. The SMILES string of the molecule is CC1CCCC(N2CC3CCCC(N)C3C2)C1. The lowest BCUT2D eigenvalue weighted by molar-refractivity contribution is 0.155. The van der Waals surface area contributed by atoms with Gasteiger partial charge in [0.05, 0.1) is 0 Å². The van der Waals surface area contributed by atoms with Crippen LogP contribution in [0.15, 0.2) is 0 Å². The van der Waals surface area contributed by atoms with E-state index < -0.39 is 0 Å². The van der Waals surface area contributed by atoms with Gasteiger partial charge < -0.3 is 5.73 Å². The third-order valence-corrected chi connectivity index (χ3v) is 5.61. The number of hydrogen-bond donors (Lipinski definition) is 1. The van der Waals surface area contributed by atoms with Gasteiger partial charge in [0.25, 0.3) is 0 Å². The summed E-state index contributed by atoms with van der Waals surface area (Å²) in [6, 6.07) is 1.39. The second-order valence-corrected chi connectivity index (χ2v) is 6.90. The molecule has 3 rings (SSSR count). The van der Waals surface area contributed by atoms with Crippen LogP contribution in [0.3, 0.4) is 0 Å². The van der Waals surface area contributed by atoms with Gasteiger partial charge in [-0.25, -0.2) is 0 Å². The molecule has 0 aromatic carbocycles. The number of fused-ring (bicyclic) bond motifs is 1. The van der Waals surface area contributed by atoms with Crippen molar-refractivity contribution in [2.45, 2.75) is 64.0 Å². The monoisotopic (exact) mass is 236 g/mol. The number of rotatable bonds is 1. The second kappa shape index (κ2) is 4.89. The van der Waals surface area contributed by atoms with E-state index >= 15 is 0 Å². The minimum Gasteiger partial charge on any atom is -0.327 e. The number of likely N-dealkylation sites (tertiary alicyclic amines) is 1. The van der Waals surface area contributed by atoms with Crippen molar-refractivity contribution in [3.8, 4) is 0 Å². The van der Waals surface area contributed by atoms with E-state index in [9.17, 15) is 0 Å². The highest BCUT2D eigenvalue weighted by atomic mass is 15.2. The van der Waals surface area contributed by atoms with Gasteiger partial charge in [-0.15, -0.1) is 0 Å². The molecule has 2 aliphatic carbocycles. The Morgan fingerprint density at radius 3 is 2.59 bits per heavy atom. The summed E-state index contributed by atoms with van der Waals surface area (Å²) >= 11 is 0.